The van der Waals surface area contributed by atoms with Crippen molar-refractivity contribution in [2.45, 2.75) is 92.7 Å². The molecule has 0 aromatic heterocycles. The molecule has 5 atom stereocenters. The zero-order valence-corrected chi connectivity index (χ0v) is 26.4. The predicted molar refractivity (Wildman–Crippen MR) is 156 cm³/mol. The molecule has 1 N–H and O–H groups in total. The number of hydrogen-bond donors (Lipinski definition) is 1. The van der Waals surface area contributed by atoms with E-state index in [1.54, 1.807) is 13.0 Å². The number of hydrogen-bond acceptors (Lipinski definition) is 11. The fourth-order valence-electron chi connectivity index (χ4n) is 3.41. The first-order valence-electron chi connectivity index (χ1n) is 14.7. The first kappa shape index (κ1) is 36.7. The molecule has 0 radical (unpaired) electrons. The number of benzene rings is 1. The number of rotatable bonds is 18. The fourth-order valence-corrected chi connectivity index (χ4v) is 3.41. The van der Waals surface area contributed by atoms with E-state index in [1.165, 1.54) is 19.2 Å². The van der Waals surface area contributed by atoms with E-state index in [4.69, 9.17) is 28.4 Å². The normalized spacial score (nSPS) is 14.5. The highest BCUT2D eigenvalue weighted by Crippen LogP contribution is 2.30. The third-order valence-electron chi connectivity index (χ3n) is 6.88. The maximum atomic E-state index is 12.6. The quantitative estimate of drug-likeness (QED) is 0.124. The Hall–Kier alpha value is -3.34. The van der Waals surface area contributed by atoms with E-state index in [-0.39, 0.29) is 61.4 Å². The van der Waals surface area contributed by atoms with Crippen LogP contribution in [0.5, 0.6) is 11.5 Å². The van der Waals surface area contributed by atoms with E-state index < -0.39 is 30.4 Å². The monoisotopic (exact) mass is 595 g/mol. The van der Waals surface area contributed by atoms with Gasteiger partial charge in [0, 0.05) is 13.0 Å². The minimum absolute atomic E-state index is 0.0437. The van der Waals surface area contributed by atoms with Crippen LogP contribution >= 0.6 is 0 Å². The SMILES string of the molecule is CCC(C)COC(=O)Oc1ccc(C[C@H](NCC(C)OC(=O)CC(C)CC)C(=O)OC)cc1OC(=O)OCC(C)CC. The Morgan fingerprint density at radius 1 is 0.786 bits per heavy atom. The second-order valence-corrected chi connectivity index (χ2v) is 10.8. The highest BCUT2D eigenvalue weighted by Gasteiger charge is 2.24. The van der Waals surface area contributed by atoms with Crippen LogP contribution in [-0.2, 0) is 35.0 Å². The zero-order valence-electron chi connectivity index (χ0n) is 26.4. The van der Waals surface area contributed by atoms with Crippen LogP contribution in [0.4, 0.5) is 9.59 Å². The van der Waals surface area contributed by atoms with Crippen LogP contribution < -0.4 is 14.8 Å². The molecule has 1 aromatic rings. The smallest absolute Gasteiger partial charge is 0.468 e. The number of carbonyl (C=O) groups is 4. The molecule has 0 spiro atoms. The topological polar surface area (TPSA) is 136 Å². The Bertz CT molecular complexity index is 998. The molecule has 238 valence electrons. The van der Waals surface area contributed by atoms with Gasteiger partial charge in [-0.1, -0.05) is 66.9 Å². The van der Waals surface area contributed by atoms with Gasteiger partial charge in [-0.3, -0.25) is 9.59 Å². The zero-order chi connectivity index (χ0) is 31.7. The first-order chi connectivity index (χ1) is 19.9. The van der Waals surface area contributed by atoms with Crippen LogP contribution in [0.2, 0.25) is 0 Å². The van der Waals surface area contributed by atoms with Crippen molar-refractivity contribution in [2.24, 2.45) is 17.8 Å². The summed E-state index contributed by atoms with van der Waals surface area (Å²) in [7, 11) is 1.27. The summed E-state index contributed by atoms with van der Waals surface area (Å²) in [6.07, 6.45) is 0.596. The summed E-state index contributed by atoms with van der Waals surface area (Å²) in [5.74, 6) is -0.432. The summed E-state index contributed by atoms with van der Waals surface area (Å²) in [6, 6.07) is 3.75. The molecule has 0 heterocycles. The molecule has 0 aliphatic rings. The lowest BCUT2D eigenvalue weighted by Gasteiger charge is -2.21. The van der Waals surface area contributed by atoms with Gasteiger partial charge >= 0.3 is 24.2 Å². The molecule has 11 nitrogen and oxygen atoms in total. The van der Waals surface area contributed by atoms with Gasteiger partial charge in [0.05, 0.1) is 20.3 Å². The summed E-state index contributed by atoms with van der Waals surface area (Å²) in [4.78, 5) is 49.4. The number of methoxy groups -OCH3 is 1. The van der Waals surface area contributed by atoms with Gasteiger partial charge in [0.25, 0.3) is 0 Å². The Labute approximate surface area is 249 Å². The average Bonchev–Trinajstić information content (AvgIpc) is 2.97. The van der Waals surface area contributed by atoms with Crippen molar-refractivity contribution in [1.82, 2.24) is 5.32 Å². The highest BCUT2D eigenvalue weighted by molar-refractivity contribution is 5.76. The van der Waals surface area contributed by atoms with Gasteiger partial charge in [0.15, 0.2) is 11.5 Å². The van der Waals surface area contributed by atoms with Gasteiger partial charge in [0.1, 0.15) is 12.1 Å². The largest absolute Gasteiger partial charge is 0.513 e. The second kappa shape index (κ2) is 19.7. The molecule has 0 amide bonds. The van der Waals surface area contributed by atoms with E-state index in [0.29, 0.717) is 12.0 Å². The number of esters is 2. The molecule has 42 heavy (non-hydrogen) atoms. The van der Waals surface area contributed by atoms with Crippen LogP contribution in [0.1, 0.15) is 79.7 Å². The lowest BCUT2D eigenvalue weighted by molar-refractivity contribution is -0.149. The predicted octanol–water partition coefficient (Wildman–Crippen LogP) is 5.85. The van der Waals surface area contributed by atoms with E-state index in [1.807, 2.05) is 41.5 Å². The van der Waals surface area contributed by atoms with Gasteiger partial charge in [0.2, 0.25) is 0 Å². The molecule has 0 aliphatic carbocycles. The average molecular weight is 596 g/mol. The molecule has 11 heteroatoms. The maximum absolute atomic E-state index is 12.6. The fraction of sp³-hybridized carbons (Fsp3) is 0.677. The van der Waals surface area contributed by atoms with E-state index in [9.17, 15) is 19.2 Å². The van der Waals surface area contributed by atoms with Crippen molar-refractivity contribution in [3.63, 3.8) is 0 Å². The van der Waals surface area contributed by atoms with Gasteiger partial charge < -0.3 is 33.7 Å². The Morgan fingerprint density at radius 3 is 1.86 bits per heavy atom. The molecule has 0 saturated heterocycles. The molecular formula is C31H49NO10. The molecule has 4 unspecified atom stereocenters. The van der Waals surface area contributed by atoms with Crippen molar-refractivity contribution in [2.75, 3.05) is 26.9 Å². The molecule has 0 saturated carbocycles. The van der Waals surface area contributed by atoms with Gasteiger partial charge in [-0.05, 0) is 48.8 Å². The number of ether oxygens (including phenoxy) is 6. The third-order valence-corrected chi connectivity index (χ3v) is 6.88. The van der Waals surface area contributed by atoms with E-state index in [0.717, 1.165) is 19.3 Å². The minimum Gasteiger partial charge on any atom is -0.468 e. The van der Waals surface area contributed by atoms with Crippen LogP contribution in [0.25, 0.3) is 0 Å². The summed E-state index contributed by atoms with van der Waals surface area (Å²) in [5.41, 5.74) is 0.573. The molecular weight excluding hydrogens is 546 g/mol. The van der Waals surface area contributed by atoms with E-state index in [2.05, 4.69) is 5.32 Å². The van der Waals surface area contributed by atoms with Crippen LogP contribution in [0, 0.1) is 17.8 Å². The van der Waals surface area contributed by atoms with Crippen molar-refractivity contribution in [1.29, 1.82) is 0 Å². The molecule has 0 bridgehead atoms. The lowest BCUT2D eigenvalue weighted by Crippen LogP contribution is -2.43. The number of carbonyl (C=O) groups excluding carboxylic acids is 4. The second-order valence-electron chi connectivity index (χ2n) is 10.8. The standard InChI is InChI=1S/C31H49NO10/c1-9-20(4)14-28(33)40-23(7)17-32-25(29(34)37-8)15-24-12-13-26(41-30(35)38-18-21(5)10-2)27(16-24)42-31(36)39-19-22(6)11-3/h12-13,16,20-23,25,32H,9-11,14-15,17-19H2,1-8H3/t20?,21?,22?,23?,25-/m0/s1. The third kappa shape index (κ3) is 14.5. The Kier molecular flexibility index (Phi) is 17.2. The van der Waals surface area contributed by atoms with Crippen molar-refractivity contribution in [3.8, 4) is 11.5 Å². The van der Waals surface area contributed by atoms with Crippen LogP contribution in [-0.4, -0.2) is 63.3 Å². The lowest BCUT2D eigenvalue weighted by atomic mass is 10.0. The van der Waals surface area contributed by atoms with Crippen LogP contribution in [0.3, 0.4) is 0 Å². The molecule has 0 aliphatic heterocycles. The van der Waals surface area contributed by atoms with Crippen LogP contribution in [0.15, 0.2) is 18.2 Å². The summed E-state index contributed by atoms with van der Waals surface area (Å²) in [6.45, 7) is 14.1. The Balaban J connectivity index is 3.05. The molecule has 0 fully saturated rings. The molecule has 1 rings (SSSR count). The molecule has 1 aromatic carbocycles. The summed E-state index contributed by atoms with van der Waals surface area (Å²) < 4.78 is 31.5. The highest BCUT2D eigenvalue weighted by atomic mass is 16.7. The van der Waals surface area contributed by atoms with Crippen molar-refractivity contribution >= 4 is 24.2 Å². The van der Waals surface area contributed by atoms with Crippen molar-refractivity contribution in [3.05, 3.63) is 23.8 Å². The summed E-state index contributed by atoms with van der Waals surface area (Å²) >= 11 is 0. The van der Waals surface area contributed by atoms with E-state index >= 15 is 0 Å². The Morgan fingerprint density at radius 2 is 1.33 bits per heavy atom. The minimum atomic E-state index is -0.957. The van der Waals surface area contributed by atoms with Gasteiger partial charge in [-0.25, -0.2) is 9.59 Å². The van der Waals surface area contributed by atoms with Crippen molar-refractivity contribution < 1.29 is 47.6 Å². The van der Waals surface area contributed by atoms with Gasteiger partial charge in [-0.15, -0.1) is 0 Å². The van der Waals surface area contributed by atoms with Gasteiger partial charge in [-0.2, -0.15) is 0 Å². The number of nitrogens with one attached hydrogen (secondary N) is 1. The maximum Gasteiger partial charge on any atom is 0.513 e. The first-order valence-corrected chi connectivity index (χ1v) is 14.7. The summed E-state index contributed by atoms with van der Waals surface area (Å²) in [5, 5.41) is 3.08.